The Kier molecular flexibility index (Phi) is 4.84. The van der Waals surface area contributed by atoms with Crippen molar-refractivity contribution in [2.45, 2.75) is 76.3 Å². The maximum Gasteiger partial charge on any atom is 0.192 e. The first-order chi connectivity index (χ1) is 11.2. The van der Waals surface area contributed by atoms with Crippen molar-refractivity contribution < 1.29 is 13.9 Å². The molecule has 3 rings (SSSR count). The molecule has 3 nitrogen and oxygen atoms in total. The average molecular weight is 349 g/mol. The van der Waals surface area contributed by atoms with Gasteiger partial charge in [0.25, 0.3) is 0 Å². The van der Waals surface area contributed by atoms with Gasteiger partial charge in [0.2, 0.25) is 0 Å². The fraction of sp³-hybridized carbons (Fsp3) is 0.700. The lowest BCUT2D eigenvalue weighted by atomic mass is 9.75. The Morgan fingerprint density at radius 2 is 1.92 bits per heavy atom. The van der Waals surface area contributed by atoms with E-state index in [9.17, 15) is 0 Å². The number of methoxy groups -OCH3 is 1. The van der Waals surface area contributed by atoms with E-state index in [1.165, 1.54) is 24.0 Å². The molecule has 2 aliphatic rings. The van der Waals surface area contributed by atoms with Crippen molar-refractivity contribution in [3.05, 3.63) is 29.3 Å². The van der Waals surface area contributed by atoms with Crippen LogP contribution in [0.2, 0.25) is 18.1 Å². The lowest BCUT2D eigenvalue weighted by Crippen LogP contribution is -2.41. The Balaban J connectivity index is 1.39. The minimum Gasteiger partial charge on any atom is -0.497 e. The van der Waals surface area contributed by atoms with Crippen molar-refractivity contribution >= 4 is 8.32 Å². The van der Waals surface area contributed by atoms with Crippen LogP contribution in [0.4, 0.5) is 0 Å². The average Bonchev–Trinajstić information content (AvgIpc) is 3.23. The largest absolute Gasteiger partial charge is 0.497 e. The third-order valence-corrected chi connectivity index (χ3v) is 10.7. The lowest BCUT2D eigenvalue weighted by Gasteiger charge is -2.36. The summed E-state index contributed by atoms with van der Waals surface area (Å²) < 4.78 is 17.4. The summed E-state index contributed by atoms with van der Waals surface area (Å²) in [6, 6.07) is 6.48. The maximum absolute atomic E-state index is 6.28. The minimum atomic E-state index is -1.65. The summed E-state index contributed by atoms with van der Waals surface area (Å²) in [7, 11) is 0.0844. The quantitative estimate of drug-likeness (QED) is 0.518. The molecule has 0 bridgehead atoms. The van der Waals surface area contributed by atoms with E-state index in [4.69, 9.17) is 13.9 Å². The van der Waals surface area contributed by atoms with Crippen LogP contribution in [0.3, 0.4) is 0 Å². The number of ether oxygens (including phenoxy) is 2. The van der Waals surface area contributed by atoms with E-state index < -0.39 is 8.32 Å². The van der Waals surface area contributed by atoms with Gasteiger partial charge in [0.1, 0.15) is 11.9 Å². The Morgan fingerprint density at radius 1 is 1.17 bits per heavy atom. The van der Waals surface area contributed by atoms with Crippen molar-refractivity contribution in [1.29, 1.82) is 0 Å². The molecule has 0 aromatic heterocycles. The first-order valence-electron chi connectivity index (χ1n) is 9.17. The van der Waals surface area contributed by atoms with Gasteiger partial charge in [-0.2, -0.15) is 0 Å². The summed E-state index contributed by atoms with van der Waals surface area (Å²) in [6.07, 6.45) is 4.30. The van der Waals surface area contributed by atoms with Crippen molar-refractivity contribution in [3.63, 3.8) is 0 Å². The van der Waals surface area contributed by atoms with Gasteiger partial charge in [0.15, 0.2) is 8.32 Å². The van der Waals surface area contributed by atoms with E-state index in [0.29, 0.717) is 18.1 Å². The molecule has 1 aliphatic carbocycles. The number of hydrogen-bond acceptors (Lipinski definition) is 3. The molecule has 1 heterocycles. The summed E-state index contributed by atoms with van der Waals surface area (Å²) in [6.45, 7) is 12.3. The van der Waals surface area contributed by atoms with Gasteiger partial charge >= 0.3 is 0 Å². The monoisotopic (exact) mass is 348 g/mol. The molecule has 0 N–H and O–H groups in total. The van der Waals surface area contributed by atoms with Crippen LogP contribution in [0.15, 0.2) is 18.2 Å². The maximum atomic E-state index is 6.28. The van der Waals surface area contributed by atoms with Gasteiger partial charge in [-0.25, -0.2) is 0 Å². The van der Waals surface area contributed by atoms with E-state index in [1.54, 1.807) is 7.11 Å². The molecule has 4 heteroatoms. The molecule has 1 unspecified atom stereocenters. The highest BCUT2D eigenvalue weighted by Crippen LogP contribution is 2.42. The fourth-order valence-corrected chi connectivity index (χ4v) is 4.25. The molecule has 1 saturated heterocycles. The SMILES string of the molecule is COc1ccc2c(c1)CC2CC[C@@H]1O[C@H]1CO[Si](C)(C)C(C)(C)C. The van der Waals surface area contributed by atoms with Crippen molar-refractivity contribution in [1.82, 2.24) is 0 Å². The van der Waals surface area contributed by atoms with Crippen molar-refractivity contribution in [2.24, 2.45) is 0 Å². The van der Waals surface area contributed by atoms with Crippen LogP contribution in [0, 0.1) is 0 Å². The number of benzene rings is 1. The number of fused-ring (bicyclic) bond motifs is 1. The molecule has 1 aromatic carbocycles. The Morgan fingerprint density at radius 3 is 2.54 bits per heavy atom. The molecule has 1 fully saturated rings. The van der Waals surface area contributed by atoms with Crippen molar-refractivity contribution in [3.8, 4) is 5.75 Å². The van der Waals surface area contributed by atoms with E-state index in [0.717, 1.165) is 18.8 Å². The molecule has 0 amide bonds. The number of rotatable bonds is 7. The molecule has 0 spiro atoms. The topological polar surface area (TPSA) is 31.0 Å². The number of hydrogen-bond donors (Lipinski definition) is 0. The molecule has 24 heavy (non-hydrogen) atoms. The summed E-state index contributed by atoms with van der Waals surface area (Å²) in [5, 5.41) is 0.272. The standard InChI is InChI=1S/C20H32O3Si/c1-20(2,3)24(5,6)22-13-19-18(23-19)10-7-14-11-15-12-16(21-4)8-9-17(14)15/h8-9,12,14,18-19H,7,10-11,13H2,1-6H3/t14?,18-,19-/m0/s1. The first kappa shape index (κ1) is 18.0. The van der Waals surface area contributed by atoms with Gasteiger partial charge in [0, 0.05) is 0 Å². The van der Waals surface area contributed by atoms with E-state index in [1.807, 2.05) is 0 Å². The Labute approximate surface area is 147 Å². The highest BCUT2D eigenvalue weighted by atomic mass is 28.4. The second-order valence-corrected chi connectivity index (χ2v) is 13.6. The molecular formula is C20H32O3Si. The smallest absolute Gasteiger partial charge is 0.192 e. The van der Waals surface area contributed by atoms with Gasteiger partial charge < -0.3 is 13.9 Å². The molecule has 3 atom stereocenters. The predicted octanol–water partition coefficient (Wildman–Crippen LogP) is 4.90. The molecule has 134 valence electrons. The van der Waals surface area contributed by atoms with E-state index >= 15 is 0 Å². The molecular weight excluding hydrogens is 316 g/mol. The van der Waals surface area contributed by atoms with Crippen LogP contribution in [0.25, 0.3) is 0 Å². The summed E-state index contributed by atoms with van der Waals surface area (Å²) in [5.41, 5.74) is 2.96. The Bertz CT molecular complexity index is 591. The van der Waals surface area contributed by atoms with Gasteiger partial charge in [-0.15, -0.1) is 0 Å². The van der Waals surface area contributed by atoms with Gasteiger partial charge in [0.05, 0.1) is 19.8 Å². The minimum absolute atomic E-state index is 0.272. The molecule has 0 radical (unpaired) electrons. The highest BCUT2D eigenvalue weighted by Gasteiger charge is 2.43. The normalized spacial score (nSPS) is 25.8. The van der Waals surface area contributed by atoms with Crippen LogP contribution < -0.4 is 4.74 Å². The molecule has 1 aromatic rings. The zero-order valence-electron chi connectivity index (χ0n) is 16.0. The zero-order valence-corrected chi connectivity index (χ0v) is 17.0. The number of epoxide rings is 1. The van der Waals surface area contributed by atoms with Gasteiger partial charge in [-0.3, -0.25) is 0 Å². The Hall–Kier alpha value is -0.843. The van der Waals surface area contributed by atoms with Crippen LogP contribution >= 0.6 is 0 Å². The predicted molar refractivity (Wildman–Crippen MR) is 100 cm³/mol. The summed E-state index contributed by atoms with van der Waals surface area (Å²) in [4.78, 5) is 0. The zero-order chi connectivity index (χ0) is 17.5. The molecule has 0 saturated carbocycles. The second kappa shape index (κ2) is 6.47. The lowest BCUT2D eigenvalue weighted by molar-refractivity contribution is 0.241. The fourth-order valence-electron chi connectivity index (χ4n) is 3.24. The third kappa shape index (κ3) is 3.71. The first-order valence-corrected chi connectivity index (χ1v) is 12.1. The second-order valence-electron chi connectivity index (χ2n) is 8.83. The summed E-state index contributed by atoms with van der Waals surface area (Å²) in [5.74, 6) is 1.68. The van der Waals surface area contributed by atoms with E-state index in [2.05, 4.69) is 52.1 Å². The van der Waals surface area contributed by atoms with Gasteiger partial charge in [-0.1, -0.05) is 26.8 Å². The third-order valence-electron chi connectivity index (χ3n) is 6.16. The summed E-state index contributed by atoms with van der Waals surface area (Å²) >= 11 is 0. The van der Waals surface area contributed by atoms with Crippen LogP contribution in [-0.4, -0.2) is 34.2 Å². The van der Waals surface area contributed by atoms with Crippen LogP contribution in [0.1, 0.15) is 50.7 Å². The van der Waals surface area contributed by atoms with Crippen molar-refractivity contribution in [2.75, 3.05) is 13.7 Å². The highest BCUT2D eigenvalue weighted by molar-refractivity contribution is 6.74. The van der Waals surface area contributed by atoms with Crippen LogP contribution in [-0.2, 0) is 15.6 Å². The molecule has 1 aliphatic heterocycles. The van der Waals surface area contributed by atoms with E-state index in [-0.39, 0.29) is 5.04 Å². The van der Waals surface area contributed by atoms with Crippen LogP contribution in [0.5, 0.6) is 5.75 Å². The van der Waals surface area contributed by atoms with Gasteiger partial charge in [-0.05, 0) is 66.6 Å².